The first kappa shape index (κ1) is 14.5. The molecule has 1 rings (SSSR count). The van der Waals surface area contributed by atoms with E-state index >= 15 is 0 Å². The van der Waals surface area contributed by atoms with Gasteiger partial charge >= 0.3 is 12.1 Å². The summed E-state index contributed by atoms with van der Waals surface area (Å²) < 4.78 is 36.7. The molecule has 0 atom stereocenters. The molecular formula is C10H10F3NO3S. The lowest BCUT2D eigenvalue weighted by atomic mass is 10.3. The van der Waals surface area contributed by atoms with Gasteiger partial charge in [0.25, 0.3) is 5.91 Å². The molecule has 1 amide bonds. The van der Waals surface area contributed by atoms with E-state index in [0.29, 0.717) is 16.2 Å². The number of aromatic carboxylic acids is 1. The second-order valence-electron chi connectivity index (χ2n) is 3.40. The molecule has 0 spiro atoms. The van der Waals surface area contributed by atoms with Gasteiger partial charge in [-0.05, 0) is 19.1 Å². The first-order chi connectivity index (χ1) is 8.24. The number of nitrogens with zero attached hydrogens (tertiary/aromatic N) is 1. The zero-order chi connectivity index (χ0) is 13.9. The number of carboxylic acid groups (broad SMARTS) is 1. The van der Waals surface area contributed by atoms with Gasteiger partial charge in [-0.3, -0.25) is 4.79 Å². The van der Waals surface area contributed by atoms with E-state index in [1.807, 2.05) is 0 Å². The number of halogens is 3. The molecule has 1 aromatic heterocycles. The third-order valence-corrected chi connectivity index (χ3v) is 3.13. The minimum atomic E-state index is -4.47. The molecule has 0 fully saturated rings. The molecule has 0 aromatic carbocycles. The van der Waals surface area contributed by atoms with Crippen molar-refractivity contribution in [3.05, 3.63) is 21.9 Å². The molecule has 0 saturated heterocycles. The Hall–Kier alpha value is -1.57. The molecule has 0 radical (unpaired) electrons. The van der Waals surface area contributed by atoms with Gasteiger partial charge in [0, 0.05) is 6.54 Å². The molecule has 4 nitrogen and oxygen atoms in total. The molecule has 0 aliphatic carbocycles. The van der Waals surface area contributed by atoms with E-state index in [1.54, 1.807) is 0 Å². The van der Waals surface area contributed by atoms with E-state index in [1.165, 1.54) is 19.1 Å². The van der Waals surface area contributed by atoms with Crippen molar-refractivity contribution in [3.63, 3.8) is 0 Å². The smallest absolute Gasteiger partial charge is 0.406 e. The maximum Gasteiger partial charge on any atom is 0.406 e. The van der Waals surface area contributed by atoms with Crippen LogP contribution in [-0.4, -0.2) is 41.1 Å². The van der Waals surface area contributed by atoms with Crippen LogP contribution in [0.4, 0.5) is 13.2 Å². The molecule has 0 aliphatic rings. The van der Waals surface area contributed by atoms with Gasteiger partial charge in [0.2, 0.25) is 0 Å². The van der Waals surface area contributed by atoms with E-state index in [9.17, 15) is 22.8 Å². The van der Waals surface area contributed by atoms with Crippen LogP contribution in [0.25, 0.3) is 0 Å². The average Bonchev–Trinajstić information content (AvgIpc) is 2.72. The van der Waals surface area contributed by atoms with Gasteiger partial charge in [-0.25, -0.2) is 4.79 Å². The number of thiophene rings is 1. The molecule has 8 heteroatoms. The third kappa shape index (κ3) is 3.73. The standard InChI is InChI=1S/C10H10F3NO3S/c1-2-14(5-10(11,12)13)8(15)6-3-4-7(18-6)9(16)17/h3-4H,2,5H2,1H3,(H,16,17). The Kier molecular flexibility index (Phi) is 4.33. The lowest BCUT2D eigenvalue weighted by Crippen LogP contribution is -2.38. The molecular weight excluding hydrogens is 271 g/mol. The molecule has 1 aromatic rings. The van der Waals surface area contributed by atoms with Gasteiger partial charge in [0.05, 0.1) is 4.88 Å². The van der Waals surface area contributed by atoms with Crippen molar-refractivity contribution < 1.29 is 27.9 Å². The Balaban J connectivity index is 2.86. The fourth-order valence-electron chi connectivity index (χ4n) is 1.27. The van der Waals surface area contributed by atoms with Crippen LogP contribution in [0.5, 0.6) is 0 Å². The van der Waals surface area contributed by atoms with Crippen LogP contribution in [0.1, 0.15) is 26.3 Å². The van der Waals surface area contributed by atoms with Gasteiger partial charge < -0.3 is 10.0 Å². The lowest BCUT2D eigenvalue weighted by Gasteiger charge is -2.21. The summed E-state index contributed by atoms with van der Waals surface area (Å²) in [5.41, 5.74) is 0. The van der Waals surface area contributed by atoms with Gasteiger partial charge in [0.1, 0.15) is 11.4 Å². The minimum Gasteiger partial charge on any atom is -0.477 e. The molecule has 1 N–H and O–H groups in total. The Morgan fingerprint density at radius 1 is 1.33 bits per heavy atom. The first-order valence-corrected chi connectivity index (χ1v) is 5.75. The summed E-state index contributed by atoms with van der Waals surface area (Å²) in [4.78, 5) is 22.9. The van der Waals surface area contributed by atoms with Crippen LogP contribution in [-0.2, 0) is 0 Å². The van der Waals surface area contributed by atoms with Gasteiger partial charge in [-0.1, -0.05) is 0 Å². The Morgan fingerprint density at radius 2 is 1.89 bits per heavy atom. The highest BCUT2D eigenvalue weighted by molar-refractivity contribution is 7.15. The van der Waals surface area contributed by atoms with Crippen molar-refractivity contribution in [2.75, 3.05) is 13.1 Å². The number of rotatable bonds is 4. The van der Waals surface area contributed by atoms with Crippen LogP contribution in [0.2, 0.25) is 0 Å². The zero-order valence-electron chi connectivity index (χ0n) is 9.32. The topological polar surface area (TPSA) is 57.6 Å². The number of carbonyl (C=O) groups is 2. The summed E-state index contributed by atoms with van der Waals surface area (Å²) in [6.07, 6.45) is -4.47. The second-order valence-corrected chi connectivity index (χ2v) is 4.49. The predicted octanol–water partition coefficient (Wildman–Crippen LogP) is 2.47. The fourth-order valence-corrected chi connectivity index (χ4v) is 2.08. The Morgan fingerprint density at radius 3 is 2.28 bits per heavy atom. The maximum atomic E-state index is 12.2. The SMILES string of the molecule is CCN(CC(F)(F)F)C(=O)c1ccc(C(=O)O)s1. The fraction of sp³-hybridized carbons (Fsp3) is 0.400. The number of carboxylic acids is 1. The summed E-state index contributed by atoms with van der Waals surface area (Å²) in [6.45, 7) is -0.0172. The first-order valence-electron chi connectivity index (χ1n) is 4.93. The highest BCUT2D eigenvalue weighted by Crippen LogP contribution is 2.21. The predicted molar refractivity (Wildman–Crippen MR) is 58.9 cm³/mol. The van der Waals surface area contributed by atoms with Crippen molar-refractivity contribution >= 4 is 23.2 Å². The zero-order valence-corrected chi connectivity index (χ0v) is 10.1. The molecule has 100 valence electrons. The molecule has 1 heterocycles. The molecule has 0 bridgehead atoms. The number of hydrogen-bond acceptors (Lipinski definition) is 3. The maximum absolute atomic E-state index is 12.2. The van der Waals surface area contributed by atoms with E-state index in [0.717, 1.165) is 0 Å². The summed E-state index contributed by atoms with van der Waals surface area (Å²) in [5, 5.41) is 8.67. The molecule has 18 heavy (non-hydrogen) atoms. The summed E-state index contributed by atoms with van der Waals surface area (Å²) in [6, 6.07) is 2.41. The molecule has 0 aliphatic heterocycles. The van der Waals surface area contributed by atoms with Crippen molar-refractivity contribution in [2.45, 2.75) is 13.1 Å². The minimum absolute atomic E-state index is 0.0153. The highest BCUT2D eigenvalue weighted by atomic mass is 32.1. The number of hydrogen-bond donors (Lipinski definition) is 1. The van der Waals surface area contributed by atoms with E-state index in [-0.39, 0.29) is 16.3 Å². The largest absolute Gasteiger partial charge is 0.477 e. The van der Waals surface area contributed by atoms with Crippen molar-refractivity contribution in [3.8, 4) is 0 Å². The quantitative estimate of drug-likeness (QED) is 0.922. The molecule has 0 unspecified atom stereocenters. The lowest BCUT2D eigenvalue weighted by molar-refractivity contribution is -0.140. The number of alkyl halides is 3. The third-order valence-electron chi connectivity index (χ3n) is 2.07. The number of amides is 1. The normalized spacial score (nSPS) is 11.3. The summed E-state index contributed by atoms with van der Waals surface area (Å²) in [5.74, 6) is -2.02. The van der Waals surface area contributed by atoms with Crippen molar-refractivity contribution in [2.24, 2.45) is 0 Å². The van der Waals surface area contributed by atoms with Gasteiger partial charge in [0.15, 0.2) is 0 Å². The van der Waals surface area contributed by atoms with Crippen molar-refractivity contribution in [1.29, 1.82) is 0 Å². The van der Waals surface area contributed by atoms with Crippen LogP contribution >= 0.6 is 11.3 Å². The van der Waals surface area contributed by atoms with E-state index in [4.69, 9.17) is 5.11 Å². The second kappa shape index (κ2) is 5.38. The molecule has 0 saturated carbocycles. The summed E-state index contributed by atoms with van der Waals surface area (Å²) in [7, 11) is 0. The summed E-state index contributed by atoms with van der Waals surface area (Å²) >= 11 is 0.661. The highest BCUT2D eigenvalue weighted by Gasteiger charge is 2.33. The Bertz CT molecular complexity index is 455. The van der Waals surface area contributed by atoms with E-state index < -0.39 is 24.6 Å². The number of carbonyl (C=O) groups excluding carboxylic acids is 1. The Labute approximate surface area is 105 Å². The average molecular weight is 281 g/mol. The van der Waals surface area contributed by atoms with Gasteiger partial charge in [-0.2, -0.15) is 13.2 Å². The van der Waals surface area contributed by atoms with Crippen LogP contribution in [0.15, 0.2) is 12.1 Å². The monoisotopic (exact) mass is 281 g/mol. The van der Waals surface area contributed by atoms with Crippen LogP contribution in [0.3, 0.4) is 0 Å². The van der Waals surface area contributed by atoms with Crippen LogP contribution in [0, 0.1) is 0 Å². The van der Waals surface area contributed by atoms with Crippen LogP contribution < -0.4 is 0 Å². The van der Waals surface area contributed by atoms with E-state index in [2.05, 4.69) is 0 Å². The van der Waals surface area contributed by atoms with Crippen molar-refractivity contribution in [1.82, 2.24) is 4.90 Å². The van der Waals surface area contributed by atoms with Gasteiger partial charge in [-0.15, -0.1) is 11.3 Å².